The van der Waals surface area contributed by atoms with Gasteiger partial charge < -0.3 is 10.3 Å². The van der Waals surface area contributed by atoms with Gasteiger partial charge in [-0.05, 0) is 12.5 Å². The molecule has 0 fully saturated rings. The van der Waals surface area contributed by atoms with Gasteiger partial charge in [-0.3, -0.25) is 4.98 Å². The Kier molecular flexibility index (Phi) is 1.57. The second-order valence-electron chi connectivity index (χ2n) is 4.52. The number of rotatable bonds is 0. The number of aromatic nitrogens is 3. The Bertz CT molecular complexity index is 742. The van der Waals surface area contributed by atoms with E-state index in [2.05, 4.69) is 20.6 Å². The fourth-order valence-electron chi connectivity index (χ4n) is 2.74. The number of anilines is 1. The maximum Gasteiger partial charge on any atom is 0.110 e. The predicted molar refractivity (Wildman–Crippen MR) is 67.8 cm³/mol. The van der Waals surface area contributed by atoms with Gasteiger partial charge in [-0.15, -0.1) is 0 Å². The topological polar surface area (TPSA) is 56.7 Å². The van der Waals surface area contributed by atoms with Crippen molar-refractivity contribution >= 4 is 27.6 Å². The number of fused-ring (bicyclic) bond motifs is 5. The molecule has 1 aliphatic rings. The normalized spacial score (nSPS) is 14.6. The average molecular weight is 224 g/mol. The zero-order valence-corrected chi connectivity index (χ0v) is 9.35. The highest BCUT2D eigenvalue weighted by molar-refractivity contribution is 6.06. The summed E-state index contributed by atoms with van der Waals surface area (Å²) in [7, 11) is 0. The van der Waals surface area contributed by atoms with Crippen LogP contribution in [0.3, 0.4) is 0 Å². The van der Waals surface area contributed by atoms with Gasteiger partial charge >= 0.3 is 0 Å². The smallest absolute Gasteiger partial charge is 0.110 e. The van der Waals surface area contributed by atoms with Crippen molar-refractivity contribution in [2.75, 3.05) is 5.73 Å². The molecule has 0 saturated heterocycles. The molecule has 2 aromatic heterocycles. The van der Waals surface area contributed by atoms with Crippen LogP contribution >= 0.6 is 0 Å². The van der Waals surface area contributed by atoms with Gasteiger partial charge in [-0.1, -0.05) is 12.1 Å². The van der Waals surface area contributed by atoms with Crippen LogP contribution in [0.4, 0.5) is 5.69 Å². The van der Waals surface area contributed by atoms with Gasteiger partial charge in [0, 0.05) is 18.4 Å². The van der Waals surface area contributed by atoms with Crippen LogP contribution < -0.4 is 5.73 Å². The lowest BCUT2D eigenvalue weighted by molar-refractivity contribution is 0.773. The molecule has 0 aliphatic carbocycles. The van der Waals surface area contributed by atoms with E-state index < -0.39 is 0 Å². The lowest BCUT2D eigenvalue weighted by Gasteiger charge is -2.04. The number of pyridine rings is 1. The molecule has 4 rings (SSSR count). The Hall–Kier alpha value is -2.10. The summed E-state index contributed by atoms with van der Waals surface area (Å²) in [4.78, 5) is 9.05. The minimum atomic E-state index is 0.734. The highest BCUT2D eigenvalue weighted by Gasteiger charge is 2.18. The standard InChI is InChI=1S/C13H12N4/c14-9-4-1-3-8-12(9)15-7-10-13(8)17-6-2-5-11(17)16-10/h1,3-4,7H,2,5-6,14H2. The third-order valence-electron chi connectivity index (χ3n) is 3.49. The number of para-hydroxylation sites is 1. The Labute approximate surface area is 98.1 Å². The van der Waals surface area contributed by atoms with Crippen molar-refractivity contribution in [2.45, 2.75) is 19.4 Å². The molecule has 3 aromatic rings. The van der Waals surface area contributed by atoms with E-state index in [9.17, 15) is 0 Å². The van der Waals surface area contributed by atoms with E-state index in [4.69, 9.17) is 5.73 Å². The van der Waals surface area contributed by atoms with Crippen LogP contribution in [-0.2, 0) is 13.0 Å². The molecule has 84 valence electrons. The number of nitrogens with zero attached hydrogens (tertiary/aromatic N) is 3. The van der Waals surface area contributed by atoms with Gasteiger partial charge in [-0.2, -0.15) is 0 Å². The molecule has 1 aliphatic heterocycles. The second-order valence-corrected chi connectivity index (χ2v) is 4.52. The van der Waals surface area contributed by atoms with E-state index in [0.29, 0.717) is 0 Å². The Morgan fingerprint density at radius 1 is 1.29 bits per heavy atom. The Morgan fingerprint density at radius 3 is 3.18 bits per heavy atom. The highest BCUT2D eigenvalue weighted by Crippen LogP contribution is 2.30. The first-order chi connectivity index (χ1) is 8.34. The lowest BCUT2D eigenvalue weighted by atomic mass is 10.1. The van der Waals surface area contributed by atoms with Crippen LogP contribution in [0.25, 0.3) is 21.9 Å². The van der Waals surface area contributed by atoms with E-state index in [1.807, 2.05) is 18.3 Å². The fraction of sp³-hybridized carbons (Fsp3) is 0.231. The van der Waals surface area contributed by atoms with Crippen LogP contribution in [0.2, 0.25) is 0 Å². The van der Waals surface area contributed by atoms with Crippen molar-refractivity contribution in [1.82, 2.24) is 14.5 Å². The fourth-order valence-corrected chi connectivity index (χ4v) is 2.74. The molecule has 17 heavy (non-hydrogen) atoms. The van der Waals surface area contributed by atoms with Crippen molar-refractivity contribution in [3.8, 4) is 0 Å². The Morgan fingerprint density at radius 2 is 2.24 bits per heavy atom. The zero-order valence-electron chi connectivity index (χ0n) is 9.35. The number of aryl methyl sites for hydroxylation is 2. The van der Waals surface area contributed by atoms with Gasteiger partial charge in [0.1, 0.15) is 11.3 Å². The van der Waals surface area contributed by atoms with Crippen LogP contribution in [0.5, 0.6) is 0 Å². The van der Waals surface area contributed by atoms with Gasteiger partial charge in [0.2, 0.25) is 0 Å². The molecule has 0 radical (unpaired) electrons. The summed E-state index contributed by atoms with van der Waals surface area (Å²) in [5.74, 6) is 1.18. The van der Waals surface area contributed by atoms with Crippen LogP contribution in [0.1, 0.15) is 12.2 Å². The van der Waals surface area contributed by atoms with Crippen molar-refractivity contribution in [1.29, 1.82) is 0 Å². The third-order valence-corrected chi connectivity index (χ3v) is 3.49. The molecule has 1 aromatic carbocycles. The van der Waals surface area contributed by atoms with E-state index in [1.165, 1.54) is 17.8 Å². The van der Waals surface area contributed by atoms with Gasteiger partial charge in [0.25, 0.3) is 0 Å². The minimum Gasteiger partial charge on any atom is -0.397 e. The van der Waals surface area contributed by atoms with Crippen molar-refractivity contribution in [3.05, 3.63) is 30.2 Å². The summed E-state index contributed by atoms with van der Waals surface area (Å²) in [6.07, 6.45) is 4.09. The lowest BCUT2D eigenvalue weighted by Crippen LogP contribution is -1.94. The van der Waals surface area contributed by atoms with Gasteiger partial charge in [0.15, 0.2) is 0 Å². The number of benzene rings is 1. The monoisotopic (exact) mass is 224 g/mol. The number of hydrogen-bond acceptors (Lipinski definition) is 3. The molecule has 4 heteroatoms. The van der Waals surface area contributed by atoms with E-state index in [1.54, 1.807) is 0 Å². The van der Waals surface area contributed by atoms with Crippen molar-refractivity contribution in [3.63, 3.8) is 0 Å². The third kappa shape index (κ3) is 1.07. The second kappa shape index (κ2) is 2.97. The SMILES string of the molecule is Nc1cccc2c1ncc1nc3n(c12)CCC3. The molecule has 4 nitrogen and oxygen atoms in total. The molecular formula is C13H12N4. The molecule has 0 amide bonds. The number of hydrogen-bond donors (Lipinski definition) is 1. The molecule has 3 heterocycles. The molecule has 0 unspecified atom stereocenters. The summed E-state index contributed by atoms with van der Waals surface area (Å²) in [6.45, 7) is 1.06. The van der Waals surface area contributed by atoms with Gasteiger partial charge in [0.05, 0.1) is 22.9 Å². The molecule has 0 atom stereocenters. The minimum absolute atomic E-state index is 0.734. The van der Waals surface area contributed by atoms with Crippen LogP contribution in [0.15, 0.2) is 24.4 Å². The first kappa shape index (κ1) is 8.98. The number of nitrogens with two attached hydrogens (primary N) is 1. The van der Waals surface area contributed by atoms with Crippen LogP contribution in [0, 0.1) is 0 Å². The van der Waals surface area contributed by atoms with Crippen LogP contribution in [-0.4, -0.2) is 14.5 Å². The van der Waals surface area contributed by atoms with Gasteiger partial charge in [-0.25, -0.2) is 4.98 Å². The predicted octanol–water partition coefficient (Wildman–Crippen LogP) is 2.11. The number of nitrogen functional groups attached to an aromatic ring is 1. The van der Waals surface area contributed by atoms with Crippen molar-refractivity contribution < 1.29 is 0 Å². The largest absolute Gasteiger partial charge is 0.397 e. The number of imidazole rings is 1. The summed E-state index contributed by atoms with van der Waals surface area (Å²) in [5.41, 5.74) is 9.76. The molecule has 0 spiro atoms. The molecule has 0 saturated carbocycles. The van der Waals surface area contributed by atoms with E-state index in [-0.39, 0.29) is 0 Å². The zero-order chi connectivity index (χ0) is 11.4. The quantitative estimate of drug-likeness (QED) is 0.595. The summed E-state index contributed by atoms with van der Waals surface area (Å²) >= 11 is 0. The maximum absolute atomic E-state index is 5.97. The maximum atomic E-state index is 5.97. The van der Waals surface area contributed by atoms with E-state index in [0.717, 1.165) is 35.1 Å². The summed E-state index contributed by atoms with van der Waals surface area (Å²) in [6, 6.07) is 5.95. The molecular weight excluding hydrogens is 212 g/mol. The van der Waals surface area contributed by atoms with Crippen molar-refractivity contribution in [2.24, 2.45) is 0 Å². The molecule has 2 N–H and O–H groups in total. The summed E-state index contributed by atoms with van der Waals surface area (Å²) < 4.78 is 2.30. The average Bonchev–Trinajstić information content (AvgIpc) is 2.88. The molecule has 0 bridgehead atoms. The highest BCUT2D eigenvalue weighted by atomic mass is 15.1. The van der Waals surface area contributed by atoms with E-state index >= 15 is 0 Å². The summed E-state index contributed by atoms with van der Waals surface area (Å²) in [5, 5.41) is 1.11. The Balaban J connectivity index is 2.26. The first-order valence-electron chi connectivity index (χ1n) is 5.87. The first-order valence-corrected chi connectivity index (χ1v) is 5.87.